The summed E-state index contributed by atoms with van der Waals surface area (Å²) < 4.78 is 0. The van der Waals surface area contributed by atoms with Gasteiger partial charge in [-0.25, -0.2) is 0 Å². The number of hydrogen-bond acceptors (Lipinski definition) is 1. The zero-order valence-electron chi connectivity index (χ0n) is 13.4. The Hall–Kier alpha value is -1.92. The van der Waals surface area contributed by atoms with Crippen molar-refractivity contribution < 1.29 is 12.4 Å². The molecule has 0 heterocycles. The molecule has 0 saturated carbocycles. The highest BCUT2D eigenvalue weighted by Gasteiger charge is 2.49. The predicted octanol–water partition coefficient (Wildman–Crippen LogP) is 0.455. The van der Waals surface area contributed by atoms with E-state index >= 15 is 0 Å². The van der Waals surface area contributed by atoms with E-state index in [-0.39, 0.29) is 18.2 Å². The lowest BCUT2D eigenvalue weighted by molar-refractivity contribution is -0.00000452. The van der Waals surface area contributed by atoms with Crippen LogP contribution in [0.15, 0.2) is 104 Å². The van der Waals surface area contributed by atoms with Gasteiger partial charge in [-0.1, -0.05) is 61.2 Å². The molecule has 122 valence electrons. The highest BCUT2D eigenvalue weighted by molar-refractivity contribution is 7.96. The van der Waals surface area contributed by atoms with Gasteiger partial charge < -0.3 is 12.4 Å². The minimum absolute atomic E-state index is 0. The molecule has 0 aliphatic heterocycles. The second-order valence-corrected chi connectivity index (χ2v) is 9.05. The van der Waals surface area contributed by atoms with Crippen LogP contribution in [-0.2, 0) is 0 Å². The fourth-order valence-corrected chi connectivity index (χ4v) is 7.28. The molecule has 1 atom stereocenters. The van der Waals surface area contributed by atoms with Gasteiger partial charge in [0.05, 0.1) is 0 Å². The fraction of sp³-hybridized carbons (Fsp3) is 0.0476. The van der Waals surface area contributed by atoms with Crippen LogP contribution in [-0.4, -0.2) is 5.78 Å². The van der Waals surface area contributed by atoms with Gasteiger partial charge >= 0.3 is 0 Å². The van der Waals surface area contributed by atoms with E-state index in [0.29, 0.717) is 0 Å². The molecule has 0 bridgehead atoms. The minimum Gasteiger partial charge on any atom is -1.00 e. The van der Waals surface area contributed by atoms with Crippen molar-refractivity contribution in [2.24, 2.45) is 5.73 Å². The maximum Gasteiger partial charge on any atom is 0.149 e. The van der Waals surface area contributed by atoms with Crippen molar-refractivity contribution in [3.05, 3.63) is 104 Å². The Balaban J connectivity index is 0.00000208. The molecule has 24 heavy (non-hydrogen) atoms. The maximum absolute atomic E-state index is 6.68. The Morgan fingerprint density at radius 1 is 0.667 bits per heavy atom. The highest BCUT2D eigenvalue weighted by Crippen LogP contribution is 2.58. The van der Waals surface area contributed by atoms with Crippen LogP contribution >= 0.6 is 7.26 Å². The SMILES string of the molecule is C=CC(N)[P+](c1ccccc1)(c1ccccc1)c1ccccc1.[Cl-]. The van der Waals surface area contributed by atoms with E-state index in [1.807, 2.05) is 24.3 Å². The Morgan fingerprint density at radius 2 is 0.958 bits per heavy atom. The quantitative estimate of drug-likeness (QED) is 0.523. The first-order valence-corrected chi connectivity index (χ1v) is 9.59. The van der Waals surface area contributed by atoms with Crippen LogP contribution < -0.4 is 34.1 Å². The summed E-state index contributed by atoms with van der Waals surface area (Å²) in [5.41, 5.74) is 6.68. The molecule has 0 radical (unpaired) electrons. The van der Waals surface area contributed by atoms with Gasteiger partial charge in [0, 0.05) is 0 Å². The molecule has 0 amide bonds. The first-order chi connectivity index (χ1) is 11.3. The van der Waals surface area contributed by atoms with Crippen molar-refractivity contribution in [2.45, 2.75) is 5.78 Å². The van der Waals surface area contributed by atoms with Gasteiger partial charge in [0.15, 0.2) is 0 Å². The molecule has 0 aromatic heterocycles. The van der Waals surface area contributed by atoms with E-state index in [4.69, 9.17) is 5.73 Å². The van der Waals surface area contributed by atoms with Crippen molar-refractivity contribution >= 4 is 23.2 Å². The van der Waals surface area contributed by atoms with Crippen LogP contribution in [0.3, 0.4) is 0 Å². The van der Waals surface area contributed by atoms with Gasteiger partial charge in [-0.2, -0.15) is 0 Å². The van der Waals surface area contributed by atoms with Gasteiger partial charge in [0.1, 0.15) is 29.0 Å². The molecule has 0 spiro atoms. The lowest BCUT2D eigenvalue weighted by Crippen LogP contribution is -3.00. The fourth-order valence-electron chi connectivity index (χ4n) is 3.11. The van der Waals surface area contributed by atoms with E-state index in [1.165, 1.54) is 15.9 Å². The Labute approximate surface area is 151 Å². The number of hydrogen-bond donors (Lipinski definition) is 1. The van der Waals surface area contributed by atoms with Crippen LogP contribution in [0.1, 0.15) is 0 Å². The van der Waals surface area contributed by atoms with Crippen LogP contribution in [0.5, 0.6) is 0 Å². The summed E-state index contributed by atoms with van der Waals surface area (Å²) in [6.45, 7) is 4.01. The molecule has 3 heteroatoms. The molecule has 0 saturated heterocycles. The second kappa shape index (κ2) is 8.26. The van der Waals surface area contributed by atoms with E-state index in [2.05, 4.69) is 79.4 Å². The second-order valence-electron chi connectivity index (χ2n) is 5.46. The predicted molar refractivity (Wildman–Crippen MR) is 103 cm³/mol. The third-order valence-corrected chi connectivity index (χ3v) is 8.62. The standard InChI is InChI=1S/C21H21NP.ClH/c1-2-21(22)23(18-12-6-3-7-13-18,19-14-8-4-9-15-19)20-16-10-5-11-17-20;/h2-17,21H,1,22H2;1H/q+1;/p-1. The zero-order chi connectivity index (χ0) is 16.1. The summed E-state index contributed by atoms with van der Waals surface area (Å²) >= 11 is 0. The smallest absolute Gasteiger partial charge is 0.149 e. The van der Waals surface area contributed by atoms with Gasteiger partial charge in [-0.05, 0) is 42.5 Å². The molecule has 1 nitrogen and oxygen atoms in total. The molecule has 3 aromatic carbocycles. The number of benzene rings is 3. The summed E-state index contributed by atoms with van der Waals surface area (Å²) in [5, 5.41) is 3.85. The van der Waals surface area contributed by atoms with Crippen molar-refractivity contribution in [3.8, 4) is 0 Å². The van der Waals surface area contributed by atoms with Gasteiger partial charge in [-0.15, -0.1) is 0 Å². The molecule has 1 unspecified atom stereocenters. The van der Waals surface area contributed by atoms with Crippen molar-refractivity contribution in [1.29, 1.82) is 0 Å². The maximum atomic E-state index is 6.68. The minimum atomic E-state index is -1.98. The number of halogens is 1. The largest absolute Gasteiger partial charge is 1.00 e. The van der Waals surface area contributed by atoms with Crippen molar-refractivity contribution in [3.63, 3.8) is 0 Å². The van der Waals surface area contributed by atoms with Crippen molar-refractivity contribution in [1.82, 2.24) is 0 Å². The van der Waals surface area contributed by atoms with Crippen LogP contribution in [0.4, 0.5) is 0 Å². The van der Waals surface area contributed by atoms with Crippen LogP contribution in [0.25, 0.3) is 0 Å². The summed E-state index contributed by atoms with van der Waals surface area (Å²) in [7, 11) is -1.98. The Kier molecular flexibility index (Phi) is 6.34. The summed E-state index contributed by atoms with van der Waals surface area (Å²) in [5.74, 6) is -0.130. The van der Waals surface area contributed by atoms with E-state index in [0.717, 1.165) is 0 Å². The first kappa shape index (κ1) is 18.4. The van der Waals surface area contributed by atoms with Crippen LogP contribution in [0, 0.1) is 0 Å². The average Bonchev–Trinajstić information content (AvgIpc) is 2.65. The molecule has 3 aromatic rings. The molecule has 2 N–H and O–H groups in total. The van der Waals surface area contributed by atoms with Gasteiger partial charge in [0.25, 0.3) is 0 Å². The van der Waals surface area contributed by atoms with Crippen LogP contribution in [0.2, 0.25) is 0 Å². The first-order valence-electron chi connectivity index (χ1n) is 7.74. The zero-order valence-corrected chi connectivity index (χ0v) is 15.1. The summed E-state index contributed by atoms with van der Waals surface area (Å²) in [6, 6.07) is 31.8. The van der Waals surface area contributed by atoms with E-state index in [1.54, 1.807) is 0 Å². The lowest BCUT2D eigenvalue weighted by Gasteiger charge is -2.30. The number of rotatable bonds is 5. The molecule has 3 rings (SSSR count). The Bertz CT molecular complexity index is 663. The molecular formula is C21H21ClNP. The molecular weight excluding hydrogens is 333 g/mol. The third-order valence-electron chi connectivity index (χ3n) is 4.18. The molecule has 0 aliphatic rings. The topological polar surface area (TPSA) is 26.0 Å². The lowest BCUT2D eigenvalue weighted by atomic mass is 10.4. The molecule has 0 fully saturated rings. The Morgan fingerprint density at radius 3 is 1.21 bits per heavy atom. The van der Waals surface area contributed by atoms with Gasteiger partial charge in [-0.3, -0.25) is 5.73 Å². The highest BCUT2D eigenvalue weighted by atomic mass is 35.5. The van der Waals surface area contributed by atoms with Gasteiger partial charge in [0.2, 0.25) is 0 Å². The number of nitrogens with two attached hydrogens (primary N) is 1. The summed E-state index contributed by atoms with van der Waals surface area (Å²) in [6.07, 6.45) is 1.89. The summed E-state index contributed by atoms with van der Waals surface area (Å²) in [4.78, 5) is 0. The average molecular weight is 354 g/mol. The normalized spacial score (nSPS) is 12.0. The van der Waals surface area contributed by atoms with Crippen molar-refractivity contribution in [2.75, 3.05) is 0 Å². The molecule has 0 aliphatic carbocycles. The van der Waals surface area contributed by atoms with E-state index in [9.17, 15) is 0 Å². The third kappa shape index (κ3) is 3.16. The monoisotopic (exact) mass is 353 g/mol. The van der Waals surface area contributed by atoms with E-state index < -0.39 is 7.26 Å².